The third-order valence-corrected chi connectivity index (χ3v) is 6.20. The minimum atomic E-state index is -0.263. The number of rotatable bonds is 6. The summed E-state index contributed by atoms with van der Waals surface area (Å²) in [5.74, 6) is 0.819. The minimum absolute atomic E-state index is 0. The van der Waals surface area contributed by atoms with Crippen LogP contribution in [-0.4, -0.2) is 38.0 Å². The van der Waals surface area contributed by atoms with Gasteiger partial charge in [-0.1, -0.05) is 12.1 Å². The molecule has 32 heavy (non-hydrogen) atoms. The SMILES string of the molecule is CN=C(NCc1cccc(NC(=O)c2ccco2)c1)NC1CCN(c2cccs2)CC1.I. The molecule has 0 saturated carbocycles. The van der Waals surface area contributed by atoms with Crippen LogP contribution in [0, 0.1) is 0 Å². The topological polar surface area (TPSA) is 81.9 Å². The van der Waals surface area contributed by atoms with Crippen LogP contribution >= 0.6 is 35.3 Å². The van der Waals surface area contributed by atoms with Gasteiger partial charge in [0.2, 0.25) is 0 Å². The number of benzene rings is 1. The van der Waals surface area contributed by atoms with Crippen molar-refractivity contribution in [2.45, 2.75) is 25.4 Å². The maximum absolute atomic E-state index is 12.2. The molecule has 170 valence electrons. The molecule has 0 spiro atoms. The van der Waals surface area contributed by atoms with E-state index in [9.17, 15) is 4.79 Å². The first-order chi connectivity index (χ1) is 15.2. The van der Waals surface area contributed by atoms with Gasteiger partial charge in [0.15, 0.2) is 11.7 Å². The number of nitrogens with zero attached hydrogens (tertiary/aromatic N) is 2. The van der Waals surface area contributed by atoms with Gasteiger partial charge in [-0.25, -0.2) is 0 Å². The second kappa shape index (κ2) is 11.9. The van der Waals surface area contributed by atoms with Crippen molar-refractivity contribution in [2.75, 3.05) is 30.4 Å². The number of carbonyl (C=O) groups excluding carboxylic acids is 1. The van der Waals surface area contributed by atoms with E-state index in [4.69, 9.17) is 4.42 Å². The molecule has 7 nitrogen and oxygen atoms in total. The number of thiophene rings is 1. The molecule has 0 atom stereocenters. The number of amides is 1. The Morgan fingerprint density at radius 1 is 1.19 bits per heavy atom. The van der Waals surface area contributed by atoms with Crippen LogP contribution in [0.4, 0.5) is 10.7 Å². The maximum Gasteiger partial charge on any atom is 0.291 e. The normalized spacial score (nSPS) is 14.5. The monoisotopic (exact) mass is 565 g/mol. The zero-order valence-electron chi connectivity index (χ0n) is 17.9. The second-order valence-electron chi connectivity index (χ2n) is 7.41. The Morgan fingerprint density at radius 3 is 2.72 bits per heavy atom. The number of piperidine rings is 1. The largest absolute Gasteiger partial charge is 0.459 e. The molecule has 0 aliphatic carbocycles. The first kappa shape index (κ1) is 24.1. The molecule has 2 aromatic heterocycles. The van der Waals surface area contributed by atoms with Crippen LogP contribution in [0.25, 0.3) is 0 Å². The molecule has 0 radical (unpaired) electrons. The lowest BCUT2D eigenvalue weighted by molar-refractivity contribution is 0.0996. The smallest absolute Gasteiger partial charge is 0.291 e. The van der Waals surface area contributed by atoms with E-state index in [1.807, 2.05) is 24.3 Å². The van der Waals surface area contributed by atoms with Crippen LogP contribution in [0.5, 0.6) is 0 Å². The van der Waals surface area contributed by atoms with Crippen molar-refractivity contribution in [3.05, 3.63) is 71.5 Å². The Morgan fingerprint density at radius 2 is 2.03 bits per heavy atom. The number of halogens is 1. The molecule has 4 rings (SSSR count). The van der Waals surface area contributed by atoms with Gasteiger partial charge in [0.1, 0.15) is 0 Å². The Balaban J connectivity index is 0.00000289. The van der Waals surface area contributed by atoms with Crippen molar-refractivity contribution in [1.29, 1.82) is 0 Å². The van der Waals surface area contributed by atoms with Crippen molar-refractivity contribution >= 4 is 57.9 Å². The fourth-order valence-corrected chi connectivity index (χ4v) is 4.41. The molecular weight excluding hydrogens is 537 g/mol. The van der Waals surface area contributed by atoms with Gasteiger partial charge in [0, 0.05) is 38.4 Å². The highest BCUT2D eigenvalue weighted by molar-refractivity contribution is 14.0. The molecule has 3 aromatic rings. The van der Waals surface area contributed by atoms with E-state index in [2.05, 4.69) is 43.4 Å². The molecule has 1 aromatic carbocycles. The van der Waals surface area contributed by atoms with Gasteiger partial charge < -0.3 is 25.3 Å². The van der Waals surface area contributed by atoms with Crippen molar-refractivity contribution in [3.8, 4) is 0 Å². The lowest BCUT2D eigenvalue weighted by Crippen LogP contribution is -2.48. The molecule has 0 bridgehead atoms. The van der Waals surface area contributed by atoms with Crippen molar-refractivity contribution < 1.29 is 9.21 Å². The highest BCUT2D eigenvalue weighted by Gasteiger charge is 2.20. The summed E-state index contributed by atoms with van der Waals surface area (Å²) < 4.78 is 5.14. The summed E-state index contributed by atoms with van der Waals surface area (Å²) in [4.78, 5) is 19.0. The van der Waals surface area contributed by atoms with Gasteiger partial charge in [-0.3, -0.25) is 9.79 Å². The van der Waals surface area contributed by atoms with Gasteiger partial charge in [-0.2, -0.15) is 0 Å². The minimum Gasteiger partial charge on any atom is -0.459 e. The fourth-order valence-electron chi connectivity index (χ4n) is 3.63. The third-order valence-electron chi connectivity index (χ3n) is 5.27. The van der Waals surface area contributed by atoms with Gasteiger partial charge in [-0.05, 0) is 60.2 Å². The van der Waals surface area contributed by atoms with E-state index in [0.29, 0.717) is 18.3 Å². The molecule has 1 amide bonds. The van der Waals surface area contributed by atoms with Crippen LogP contribution in [0.1, 0.15) is 29.0 Å². The third kappa shape index (κ3) is 6.49. The lowest BCUT2D eigenvalue weighted by atomic mass is 10.1. The molecule has 3 N–H and O–H groups in total. The van der Waals surface area contributed by atoms with E-state index in [0.717, 1.165) is 43.1 Å². The molecule has 0 unspecified atom stereocenters. The average molecular weight is 565 g/mol. The first-order valence-electron chi connectivity index (χ1n) is 10.4. The molecule has 1 saturated heterocycles. The molecule has 3 heterocycles. The van der Waals surface area contributed by atoms with Gasteiger partial charge in [0.05, 0.1) is 11.3 Å². The standard InChI is InChI=1S/C23H27N5O2S.HI/c1-24-23(27-18-9-11-28(12-10-18)21-8-4-14-31-21)25-16-17-5-2-6-19(15-17)26-22(29)20-7-3-13-30-20;/h2-8,13-15,18H,9-12,16H2,1H3,(H,26,29)(H2,24,25,27);1H. The van der Waals surface area contributed by atoms with Crippen molar-refractivity contribution in [1.82, 2.24) is 10.6 Å². The summed E-state index contributed by atoms with van der Waals surface area (Å²) in [6.45, 7) is 2.71. The van der Waals surface area contributed by atoms with Gasteiger partial charge in [0.25, 0.3) is 5.91 Å². The van der Waals surface area contributed by atoms with E-state index >= 15 is 0 Å². The van der Waals surface area contributed by atoms with Crippen LogP contribution in [0.3, 0.4) is 0 Å². The number of guanidine groups is 1. The number of hydrogen-bond acceptors (Lipinski definition) is 5. The fraction of sp³-hybridized carbons (Fsp3) is 0.304. The predicted molar refractivity (Wildman–Crippen MR) is 141 cm³/mol. The van der Waals surface area contributed by atoms with E-state index in [1.54, 1.807) is 30.5 Å². The van der Waals surface area contributed by atoms with Crippen LogP contribution in [0.2, 0.25) is 0 Å². The van der Waals surface area contributed by atoms with Gasteiger partial charge in [-0.15, -0.1) is 35.3 Å². The molecule has 1 fully saturated rings. The summed E-state index contributed by atoms with van der Waals surface area (Å²) in [7, 11) is 1.79. The van der Waals surface area contributed by atoms with E-state index in [1.165, 1.54) is 11.3 Å². The number of carbonyl (C=O) groups is 1. The second-order valence-corrected chi connectivity index (χ2v) is 8.34. The van der Waals surface area contributed by atoms with Crippen LogP contribution < -0.4 is 20.9 Å². The summed E-state index contributed by atoms with van der Waals surface area (Å²) >= 11 is 1.80. The number of hydrogen-bond donors (Lipinski definition) is 3. The first-order valence-corrected chi connectivity index (χ1v) is 11.3. The van der Waals surface area contributed by atoms with Crippen molar-refractivity contribution in [2.24, 2.45) is 4.99 Å². The van der Waals surface area contributed by atoms with E-state index < -0.39 is 0 Å². The highest BCUT2D eigenvalue weighted by atomic mass is 127. The summed E-state index contributed by atoms with van der Waals surface area (Å²) in [5, 5.41) is 13.2. The molecule has 9 heteroatoms. The number of furan rings is 1. The van der Waals surface area contributed by atoms with Crippen LogP contribution in [-0.2, 0) is 6.54 Å². The lowest BCUT2D eigenvalue weighted by Gasteiger charge is -2.33. The van der Waals surface area contributed by atoms with Gasteiger partial charge >= 0.3 is 0 Å². The summed E-state index contributed by atoms with van der Waals surface area (Å²) in [5.41, 5.74) is 1.78. The van der Waals surface area contributed by atoms with Crippen molar-refractivity contribution in [3.63, 3.8) is 0 Å². The molecule has 1 aliphatic rings. The Hall–Kier alpha value is -2.53. The Labute approximate surface area is 209 Å². The quantitative estimate of drug-likeness (QED) is 0.232. The molecular formula is C23H28IN5O2S. The maximum atomic E-state index is 12.2. The zero-order valence-corrected chi connectivity index (χ0v) is 21.1. The number of aliphatic imine (C=N–C) groups is 1. The number of anilines is 2. The Kier molecular flexibility index (Phi) is 8.98. The Bertz CT molecular complexity index is 999. The molecule has 1 aliphatic heterocycles. The zero-order chi connectivity index (χ0) is 21.5. The predicted octanol–water partition coefficient (Wildman–Crippen LogP) is 4.55. The average Bonchev–Trinajstić information content (AvgIpc) is 3.52. The summed E-state index contributed by atoms with van der Waals surface area (Å²) in [6, 6.07) is 15.8. The summed E-state index contributed by atoms with van der Waals surface area (Å²) in [6.07, 6.45) is 3.64. The van der Waals surface area contributed by atoms with Crippen LogP contribution in [0.15, 0.2) is 69.6 Å². The highest BCUT2D eigenvalue weighted by Crippen LogP contribution is 2.24. The van der Waals surface area contributed by atoms with E-state index in [-0.39, 0.29) is 29.9 Å². The number of nitrogens with one attached hydrogen (secondary N) is 3.